The van der Waals surface area contributed by atoms with Gasteiger partial charge in [-0.05, 0) is 64.2 Å². The van der Waals surface area contributed by atoms with E-state index in [9.17, 15) is 32.0 Å². The summed E-state index contributed by atoms with van der Waals surface area (Å²) in [6.07, 6.45) is 8.10. The van der Waals surface area contributed by atoms with Crippen LogP contribution in [-0.2, 0) is 31.5 Å². The zero-order valence-corrected chi connectivity index (χ0v) is 31.0. The van der Waals surface area contributed by atoms with Crippen LogP contribution in [0.25, 0.3) is 11.0 Å². The highest BCUT2D eigenvalue weighted by Crippen LogP contribution is 2.42. The van der Waals surface area contributed by atoms with E-state index in [0.29, 0.717) is 36.9 Å². The second-order valence-corrected chi connectivity index (χ2v) is 16.6. The van der Waals surface area contributed by atoms with E-state index in [4.69, 9.17) is 4.74 Å². The molecule has 1 saturated carbocycles. The molecule has 6 rings (SSSR count). The number of fused-ring (bicyclic) bond motifs is 2. The van der Waals surface area contributed by atoms with Gasteiger partial charge in [-0.15, -0.1) is 0 Å². The van der Waals surface area contributed by atoms with Crippen molar-refractivity contribution in [1.82, 2.24) is 40.0 Å². The van der Waals surface area contributed by atoms with E-state index >= 15 is 0 Å². The van der Waals surface area contributed by atoms with Gasteiger partial charge in [0.1, 0.15) is 41.1 Å². The van der Waals surface area contributed by atoms with Crippen molar-refractivity contribution in [1.29, 1.82) is 0 Å². The predicted molar refractivity (Wildman–Crippen MR) is 191 cm³/mol. The average Bonchev–Trinajstić information content (AvgIpc) is 3.51. The minimum absolute atomic E-state index is 0.00129. The first-order valence-electron chi connectivity index (χ1n) is 17.9. The van der Waals surface area contributed by atoms with Crippen molar-refractivity contribution in [3.8, 4) is 5.88 Å². The number of amides is 4. The number of sulfonamides is 1. The molecule has 3 aliphatic rings. The highest BCUT2D eigenvalue weighted by Gasteiger charge is 2.52. The minimum Gasteiger partial charge on any atom is -0.471 e. The van der Waals surface area contributed by atoms with Gasteiger partial charge in [-0.2, -0.15) is 5.10 Å². The average molecular weight is 753 g/mol. The summed E-state index contributed by atoms with van der Waals surface area (Å²) in [5.41, 5.74) is 0.943. The topological polar surface area (TPSA) is 195 Å². The van der Waals surface area contributed by atoms with Gasteiger partial charge in [-0.1, -0.05) is 38.0 Å². The molecule has 2 aliphatic heterocycles. The number of nitrogens with zero attached hydrogens (tertiary/aromatic N) is 5. The maximum atomic E-state index is 14.7. The molecule has 15 nitrogen and oxygen atoms in total. The molecule has 5 atom stereocenters. The molecule has 4 heterocycles. The molecule has 1 aliphatic carbocycles. The Hall–Kier alpha value is -4.93. The van der Waals surface area contributed by atoms with E-state index in [0.717, 1.165) is 12.8 Å². The van der Waals surface area contributed by atoms with Crippen LogP contribution in [0, 0.1) is 18.7 Å². The number of carbonyl (C=O) groups is 4. The molecule has 1 unspecified atom stereocenters. The SMILES string of the molecule is Cc1nc2cccc(F)c2nc1O[C@@H]1C[C@H]2C(=O)N[C@@H](C(=O)NS(=O)(=O)C3(C)CC3)C(C)/C=C\CCCCC[C@H](NC(=O)c3ccnn3C)C(=O)N2C1. The first kappa shape index (κ1) is 37.8. The van der Waals surface area contributed by atoms with Crippen LogP contribution in [0.2, 0.25) is 0 Å². The number of hydrogen-bond donors (Lipinski definition) is 3. The van der Waals surface area contributed by atoms with Crippen LogP contribution in [0.1, 0.15) is 81.4 Å². The number of halogens is 1. The number of ether oxygens (including phenoxy) is 1. The van der Waals surface area contributed by atoms with Crippen molar-refractivity contribution in [2.75, 3.05) is 6.54 Å². The summed E-state index contributed by atoms with van der Waals surface area (Å²) < 4.78 is 49.5. The number of hydrogen-bond acceptors (Lipinski definition) is 10. The Morgan fingerprint density at radius 1 is 1.11 bits per heavy atom. The number of rotatable bonds is 7. The van der Waals surface area contributed by atoms with Crippen LogP contribution >= 0.6 is 0 Å². The summed E-state index contributed by atoms with van der Waals surface area (Å²) in [5, 5.41) is 9.63. The lowest BCUT2D eigenvalue weighted by molar-refractivity contribution is -0.141. The number of benzene rings is 1. The third-order valence-electron chi connectivity index (χ3n) is 10.3. The number of allylic oxidation sites excluding steroid dienone is 1. The summed E-state index contributed by atoms with van der Waals surface area (Å²) in [6, 6.07) is 2.42. The molecule has 3 N–H and O–H groups in total. The summed E-state index contributed by atoms with van der Waals surface area (Å²) in [5.74, 6) is -3.83. The molecule has 1 aromatic carbocycles. The molecular formula is C36H45FN8O7S. The fraction of sp³-hybridized carbons (Fsp3) is 0.528. The van der Waals surface area contributed by atoms with Gasteiger partial charge in [-0.25, -0.2) is 22.8 Å². The van der Waals surface area contributed by atoms with Gasteiger partial charge in [-0.3, -0.25) is 28.6 Å². The first-order valence-corrected chi connectivity index (χ1v) is 19.4. The highest BCUT2D eigenvalue weighted by atomic mass is 32.2. The Balaban J connectivity index is 1.32. The molecule has 2 fully saturated rings. The van der Waals surface area contributed by atoms with Crippen LogP contribution in [0.4, 0.5) is 4.39 Å². The van der Waals surface area contributed by atoms with Crippen molar-refractivity contribution in [2.24, 2.45) is 13.0 Å². The third-order valence-corrected chi connectivity index (χ3v) is 12.5. The normalized spacial score (nSPS) is 25.8. The highest BCUT2D eigenvalue weighted by molar-refractivity contribution is 7.91. The molecule has 0 spiro atoms. The molecule has 284 valence electrons. The molecular weight excluding hydrogens is 708 g/mol. The maximum Gasteiger partial charge on any atom is 0.270 e. The largest absolute Gasteiger partial charge is 0.471 e. The van der Waals surface area contributed by atoms with E-state index in [1.54, 1.807) is 40.0 Å². The standard InChI is InChI=1S/C36H45FN8O7S/c1-21-11-8-6-5-7-9-13-26(40-31(46)27-15-18-38-44(27)4)35(49)45-20-23(52-34-22(2)39-25-14-10-12-24(37)30(25)42-34)19-28(45)32(47)41-29(21)33(48)43-53(50,51)36(3)16-17-36/h8,10-12,14-15,18,21,23,26,28-29H,5-7,9,13,16-17,19-20H2,1-4H3,(H,40,46)(H,41,47)(H,43,48)/b11-8-/t21?,23-,26+,28+,29-/m1/s1. The first-order chi connectivity index (χ1) is 25.2. The van der Waals surface area contributed by atoms with E-state index in [1.807, 2.05) is 6.08 Å². The van der Waals surface area contributed by atoms with Crippen molar-refractivity contribution >= 4 is 44.7 Å². The van der Waals surface area contributed by atoms with Crippen molar-refractivity contribution in [3.05, 3.63) is 59.8 Å². The minimum atomic E-state index is -4.02. The van der Waals surface area contributed by atoms with Crippen molar-refractivity contribution < 1.29 is 36.7 Å². The van der Waals surface area contributed by atoms with Crippen LogP contribution < -0.4 is 20.1 Å². The van der Waals surface area contributed by atoms with Gasteiger partial charge in [0.2, 0.25) is 27.7 Å². The Labute approximate surface area is 307 Å². The van der Waals surface area contributed by atoms with Gasteiger partial charge in [0.25, 0.3) is 11.8 Å². The van der Waals surface area contributed by atoms with Gasteiger partial charge in [0, 0.05) is 25.6 Å². The van der Waals surface area contributed by atoms with Gasteiger partial charge in [0.05, 0.1) is 16.8 Å². The fourth-order valence-corrected chi connectivity index (χ4v) is 7.98. The Morgan fingerprint density at radius 3 is 2.60 bits per heavy atom. The number of aryl methyl sites for hydroxylation is 2. The number of para-hydroxylation sites is 1. The molecule has 53 heavy (non-hydrogen) atoms. The summed E-state index contributed by atoms with van der Waals surface area (Å²) in [6.45, 7) is 4.81. The smallest absolute Gasteiger partial charge is 0.270 e. The van der Waals surface area contributed by atoms with Crippen LogP contribution in [-0.4, -0.2) is 92.2 Å². The molecule has 2 aromatic heterocycles. The van der Waals surface area contributed by atoms with Gasteiger partial charge in [0.15, 0.2) is 5.82 Å². The molecule has 3 aromatic rings. The van der Waals surface area contributed by atoms with E-state index < -0.39 is 74.4 Å². The van der Waals surface area contributed by atoms with Crippen molar-refractivity contribution in [2.45, 2.75) is 101 Å². The van der Waals surface area contributed by atoms with Gasteiger partial charge >= 0.3 is 0 Å². The van der Waals surface area contributed by atoms with E-state index in [2.05, 4.69) is 30.4 Å². The molecule has 1 saturated heterocycles. The zero-order chi connectivity index (χ0) is 38.1. The van der Waals surface area contributed by atoms with E-state index in [1.165, 1.54) is 34.0 Å². The van der Waals surface area contributed by atoms with Crippen LogP contribution in [0.15, 0.2) is 42.6 Å². The lowest BCUT2D eigenvalue weighted by Crippen LogP contribution is -2.58. The lowest BCUT2D eigenvalue weighted by Gasteiger charge is -2.30. The zero-order valence-electron chi connectivity index (χ0n) is 30.2. The predicted octanol–water partition coefficient (Wildman–Crippen LogP) is 2.60. The number of aromatic nitrogens is 4. The molecule has 4 amide bonds. The van der Waals surface area contributed by atoms with Crippen molar-refractivity contribution in [3.63, 3.8) is 0 Å². The maximum absolute atomic E-state index is 14.7. The Kier molecular flexibility index (Phi) is 10.8. The van der Waals surface area contributed by atoms with Crippen LogP contribution in [0.5, 0.6) is 5.88 Å². The monoisotopic (exact) mass is 752 g/mol. The van der Waals surface area contributed by atoms with Crippen LogP contribution in [0.3, 0.4) is 0 Å². The fourth-order valence-electron chi connectivity index (χ4n) is 6.71. The number of nitrogens with one attached hydrogen (secondary N) is 3. The summed E-state index contributed by atoms with van der Waals surface area (Å²) >= 11 is 0. The Bertz CT molecular complexity index is 2050. The van der Waals surface area contributed by atoms with Gasteiger partial charge < -0.3 is 20.3 Å². The summed E-state index contributed by atoms with van der Waals surface area (Å²) in [7, 11) is -2.41. The third kappa shape index (κ3) is 8.19. The number of carbonyl (C=O) groups excluding carboxylic acids is 4. The molecule has 0 bridgehead atoms. The second-order valence-electron chi connectivity index (χ2n) is 14.4. The second kappa shape index (κ2) is 15.2. The quantitative estimate of drug-likeness (QED) is 0.302. The lowest BCUT2D eigenvalue weighted by atomic mass is 9.99. The molecule has 0 radical (unpaired) electrons. The summed E-state index contributed by atoms with van der Waals surface area (Å²) in [4.78, 5) is 65.8. The molecule has 17 heteroatoms. The van der Waals surface area contributed by atoms with E-state index in [-0.39, 0.29) is 36.5 Å². The Morgan fingerprint density at radius 2 is 1.89 bits per heavy atom.